The van der Waals surface area contributed by atoms with E-state index >= 15 is 0 Å². The summed E-state index contributed by atoms with van der Waals surface area (Å²) in [6.45, 7) is 0.827. The number of aromatic amines is 1. The first kappa shape index (κ1) is 18.3. The van der Waals surface area contributed by atoms with Crippen molar-refractivity contribution >= 4 is 5.65 Å². The van der Waals surface area contributed by atoms with Crippen LogP contribution in [0.1, 0.15) is 5.69 Å². The molecule has 0 aliphatic carbocycles. The number of rotatable bonds is 2. The zero-order valence-corrected chi connectivity index (χ0v) is 15.4. The van der Waals surface area contributed by atoms with Crippen molar-refractivity contribution in [1.82, 2.24) is 14.6 Å². The van der Waals surface area contributed by atoms with Crippen molar-refractivity contribution in [3.05, 3.63) is 70.6 Å². The molecule has 0 fully saturated rings. The van der Waals surface area contributed by atoms with Crippen LogP contribution in [-0.4, -0.2) is 27.8 Å². The number of halogens is 3. The Hall–Kier alpha value is -3.75. The van der Waals surface area contributed by atoms with E-state index in [-0.39, 0.29) is 11.2 Å². The van der Waals surface area contributed by atoms with Crippen LogP contribution < -0.4 is 15.0 Å². The third-order valence-electron chi connectivity index (χ3n) is 4.80. The molecule has 0 saturated carbocycles. The number of alkyl halides is 3. The van der Waals surface area contributed by atoms with Crippen molar-refractivity contribution in [2.45, 2.75) is 6.18 Å². The molecule has 1 N–H and O–H groups in total. The Morgan fingerprint density at radius 3 is 2.40 bits per heavy atom. The van der Waals surface area contributed by atoms with Gasteiger partial charge in [0.25, 0.3) is 5.56 Å². The summed E-state index contributed by atoms with van der Waals surface area (Å²) >= 11 is 0. The molecule has 30 heavy (non-hydrogen) atoms. The Kier molecular flexibility index (Phi) is 4.05. The van der Waals surface area contributed by atoms with Crippen LogP contribution in [0.15, 0.2) is 59.4 Å². The Morgan fingerprint density at radius 2 is 1.67 bits per heavy atom. The molecule has 2 aromatic carbocycles. The summed E-state index contributed by atoms with van der Waals surface area (Å²) in [6, 6.07) is 14.3. The molecule has 2 aromatic heterocycles. The summed E-state index contributed by atoms with van der Waals surface area (Å²) in [5.41, 5.74) is -0.800. The minimum atomic E-state index is -4.73. The Balaban J connectivity index is 1.76. The maximum absolute atomic E-state index is 13.7. The Labute approximate surface area is 167 Å². The lowest BCUT2D eigenvalue weighted by molar-refractivity contribution is -0.140. The van der Waals surface area contributed by atoms with E-state index in [1.807, 2.05) is 0 Å². The summed E-state index contributed by atoms with van der Waals surface area (Å²) in [4.78, 5) is 15.6. The van der Waals surface area contributed by atoms with Gasteiger partial charge in [-0.1, -0.05) is 30.3 Å². The van der Waals surface area contributed by atoms with E-state index in [1.165, 1.54) is 6.07 Å². The zero-order valence-electron chi connectivity index (χ0n) is 15.4. The van der Waals surface area contributed by atoms with Gasteiger partial charge in [0.05, 0.1) is 11.3 Å². The second-order valence-corrected chi connectivity index (χ2v) is 6.73. The molecule has 0 radical (unpaired) electrons. The Morgan fingerprint density at radius 1 is 0.933 bits per heavy atom. The standard InChI is InChI=1S/C21H14F3N3O3/c22-21(23,24)19-18(12-4-2-1-3-5-12)20-25-14(11-17(28)27(20)26-19)13-6-7-15-16(10-13)30-9-8-29-15/h1-7,10-11,25H,8-9H2. The quantitative estimate of drug-likeness (QED) is 0.536. The van der Waals surface area contributed by atoms with E-state index in [2.05, 4.69) is 10.1 Å². The molecule has 152 valence electrons. The van der Waals surface area contributed by atoms with Gasteiger partial charge in [-0.2, -0.15) is 22.8 Å². The molecule has 0 amide bonds. The third kappa shape index (κ3) is 2.99. The van der Waals surface area contributed by atoms with Gasteiger partial charge in [-0.3, -0.25) is 4.79 Å². The zero-order chi connectivity index (χ0) is 20.9. The number of nitrogens with one attached hydrogen (secondary N) is 1. The first-order chi connectivity index (χ1) is 14.4. The van der Waals surface area contributed by atoms with Crippen LogP contribution in [0.3, 0.4) is 0 Å². The molecule has 0 spiro atoms. The number of ether oxygens (including phenoxy) is 2. The molecule has 0 bridgehead atoms. The van der Waals surface area contributed by atoms with Crippen molar-refractivity contribution in [2.24, 2.45) is 0 Å². The van der Waals surface area contributed by atoms with Crippen LogP contribution in [0.4, 0.5) is 13.2 Å². The summed E-state index contributed by atoms with van der Waals surface area (Å²) < 4.78 is 52.9. The Bertz CT molecular complexity index is 1310. The van der Waals surface area contributed by atoms with Crippen molar-refractivity contribution < 1.29 is 22.6 Å². The number of nitrogens with zero attached hydrogens (tertiary/aromatic N) is 2. The van der Waals surface area contributed by atoms with E-state index < -0.39 is 17.4 Å². The van der Waals surface area contributed by atoms with Gasteiger partial charge in [-0.15, -0.1) is 0 Å². The van der Waals surface area contributed by atoms with Crippen LogP contribution >= 0.6 is 0 Å². The van der Waals surface area contributed by atoms with E-state index in [9.17, 15) is 18.0 Å². The fourth-order valence-electron chi connectivity index (χ4n) is 3.48. The lowest BCUT2D eigenvalue weighted by atomic mass is 10.1. The normalized spacial score (nSPS) is 13.6. The smallest absolute Gasteiger partial charge is 0.435 e. The van der Waals surface area contributed by atoms with Crippen molar-refractivity contribution in [1.29, 1.82) is 0 Å². The molecule has 1 aliphatic rings. The van der Waals surface area contributed by atoms with Gasteiger partial charge >= 0.3 is 6.18 Å². The summed E-state index contributed by atoms with van der Waals surface area (Å²) in [6.07, 6.45) is -4.73. The van der Waals surface area contributed by atoms with E-state index in [1.54, 1.807) is 48.5 Å². The lowest BCUT2D eigenvalue weighted by Crippen LogP contribution is -2.16. The molecule has 3 heterocycles. The van der Waals surface area contributed by atoms with Crippen molar-refractivity contribution in [2.75, 3.05) is 13.2 Å². The van der Waals surface area contributed by atoms with Gasteiger partial charge in [-0.05, 0) is 23.8 Å². The number of hydrogen-bond acceptors (Lipinski definition) is 4. The summed E-state index contributed by atoms with van der Waals surface area (Å²) in [5.74, 6) is 1.08. The SMILES string of the molecule is O=c1cc(-c2ccc3c(c2)OCCO3)[nH]c2c(-c3ccccc3)c(C(F)(F)F)nn12. The highest BCUT2D eigenvalue weighted by molar-refractivity contribution is 5.81. The number of aromatic nitrogens is 3. The van der Waals surface area contributed by atoms with Crippen LogP contribution in [0, 0.1) is 0 Å². The number of benzene rings is 2. The molecule has 4 aromatic rings. The van der Waals surface area contributed by atoms with Gasteiger partial charge in [-0.25, -0.2) is 0 Å². The second kappa shape index (κ2) is 6.65. The van der Waals surface area contributed by atoms with Gasteiger partial charge in [0.1, 0.15) is 18.9 Å². The summed E-state index contributed by atoms with van der Waals surface area (Å²) in [5, 5.41) is 3.57. The van der Waals surface area contributed by atoms with E-state index in [4.69, 9.17) is 9.47 Å². The van der Waals surface area contributed by atoms with Gasteiger partial charge in [0, 0.05) is 11.6 Å². The van der Waals surface area contributed by atoms with Crippen LogP contribution in [0.5, 0.6) is 11.5 Å². The highest BCUT2D eigenvalue weighted by Gasteiger charge is 2.39. The van der Waals surface area contributed by atoms with E-state index in [0.29, 0.717) is 41.5 Å². The van der Waals surface area contributed by atoms with Crippen molar-refractivity contribution in [3.63, 3.8) is 0 Å². The molecule has 0 unspecified atom stereocenters. The van der Waals surface area contributed by atoms with Crippen LogP contribution in [-0.2, 0) is 6.18 Å². The van der Waals surface area contributed by atoms with Gasteiger partial charge in [0.15, 0.2) is 17.2 Å². The topological polar surface area (TPSA) is 68.6 Å². The molecule has 0 saturated heterocycles. The van der Waals surface area contributed by atoms with Gasteiger partial charge in [0.2, 0.25) is 0 Å². The van der Waals surface area contributed by atoms with Gasteiger partial charge < -0.3 is 14.5 Å². The first-order valence-electron chi connectivity index (χ1n) is 9.10. The van der Waals surface area contributed by atoms with Crippen LogP contribution in [0.25, 0.3) is 28.0 Å². The molecule has 0 atom stereocenters. The first-order valence-corrected chi connectivity index (χ1v) is 9.10. The predicted octanol–water partition coefficient (Wildman–Crippen LogP) is 4.15. The average Bonchev–Trinajstić information content (AvgIpc) is 3.15. The number of fused-ring (bicyclic) bond motifs is 2. The number of hydrogen-bond donors (Lipinski definition) is 1. The fraction of sp³-hybridized carbons (Fsp3) is 0.143. The van der Waals surface area contributed by atoms with Crippen LogP contribution in [0.2, 0.25) is 0 Å². The molecule has 6 nitrogen and oxygen atoms in total. The van der Waals surface area contributed by atoms with E-state index in [0.717, 1.165) is 4.52 Å². The summed E-state index contributed by atoms with van der Waals surface area (Å²) in [7, 11) is 0. The third-order valence-corrected chi connectivity index (χ3v) is 4.80. The molecule has 5 rings (SSSR count). The lowest BCUT2D eigenvalue weighted by Gasteiger charge is -2.18. The highest BCUT2D eigenvalue weighted by atomic mass is 19.4. The van der Waals surface area contributed by atoms with Crippen molar-refractivity contribution in [3.8, 4) is 33.9 Å². The number of H-pyrrole nitrogens is 1. The average molecular weight is 413 g/mol. The predicted molar refractivity (Wildman–Crippen MR) is 103 cm³/mol. The second-order valence-electron chi connectivity index (χ2n) is 6.73. The maximum atomic E-state index is 13.7. The molecular weight excluding hydrogens is 399 g/mol. The molecular formula is C21H14F3N3O3. The molecule has 9 heteroatoms. The molecule has 1 aliphatic heterocycles. The minimum Gasteiger partial charge on any atom is -0.486 e. The minimum absolute atomic E-state index is 0.0362. The maximum Gasteiger partial charge on any atom is 0.435 e. The highest BCUT2D eigenvalue weighted by Crippen LogP contribution is 2.39. The largest absolute Gasteiger partial charge is 0.486 e. The monoisotopic (exact) mass is 413 g/mol. The fourth-order valence-corrected chi connectivity index (χ4v) is 3.48.